The van der Waals surface area contributed by atoms with Gasteiger partial charge in [0, 0.05) is 32.0 Å². The van der Waals surface area contributed by atoms with E-state index in [1.54, 1.807) is 0 Å². The molecule has 0 bridgehead atoms. The van der Waals surface area contributed by atoms with Crippen LogP contribution in [0.3, 0.4) is 0 Å². The van der Waals surface area contributed by atoms with Gasteiger partial charge in [-0.15, -0.1) is 0 Å². The lowest BCUT2D eigenvalue weighted by molar-refractivity contribution is -0.127. The van der Waals surface area contributed by atoms with Crippen molar-refractivity contribution in [3.8, 4) is 5.75 Å². The number of imidazole rings is 1. The molecule has 2 heterocycles. The zero-order valence-corrected chi connectivity index (χ0v) is 18.9. The number of ether oxygens (including phenoxy) is 1. The van der Waals surface area contributed by atoms with Gasteiger partial charge in [0.2, 0.25) is 5.91 Å². The molecule has 0 aliphatic carbocycles. The van der Waals surface area contributed by atoms with Crippen molar-refractivity contribution in [3.05, 3.63) is 59.4 Å². The first-order chi connectivity index (χ1) is 15.1. The topological polar surface area (TPSA) is 47.4 Å². The molecule has 0 spiro atoms. The molecule has 1 aromatic heterocycles. The number of rotatable bonds is 9. The fourth-order valence-electron chi connectivity index (χ4n) is 4.37. The van der Waals surface area contributed by atoms with E-state index in [0.29, 0.717) is 13.0 Å². The molecule has 0 N–H and O–H groups in total. The molecule has 4 rings (SSSR count). The first-order valence-corrected chi connectivity index (χ1v) is 11.5. The Balaban J connectivity index is 1.46. The summed E-state index contributed by atoms with van der Waals surface area (Å²) in [5.74, 6) is 2.39. The first kappa shape index (κ1) is 21.4. The summed E-state index contributed by atoms with van der Waals surface area (Å²) < 4.78 is 8.31. The summed E-state index contributed by atoms with van der Waals surface area (Å²) in [6.45, 7) is 9.51. The van der Waals surface area contributed by atoms with E-state index < -0.39 is 0 Å². The van der Waals surface area contributed by atoms with Crippen molar-refractivity contribution in [2.45, 2.75) is 58.9 Å². The summed E-state index contributed by atoms with van der Waals surface area (Å²) in [6, 6.07) is 14.5. The van der Waals surface area contributed by atoms with Gasteiger partial charge in [0.25, 0.3) is 0 Å². The second kappa shape index (κ2) is 9.54. The van der Waals surface area contributed by atoms with Crippen molar-refractivity contribution in [3.63, 3.8) is 0 Å². The van der Waals surface area contributed by atoms with Crippen LogP contribution in [0.2, 0.25) is 0 Å². The molecular formula is C26H33N3O2. The molecule has 164 valence electrons. The van der Waals surface area contributed by atoms with Crippen LogP contribution in [0.1, 0.15) is 55.5 Å². The minimum absolute atomic E-state index is 0.164. The molecule has 5 nitrogen and oxygen atoms in total. The van der Waals surface area contributed by atoms with E-state index in [-0.39, 0.29) is 11.8 Å². The van der Waals surface area contributed by atoms with Gasteiger partial charge in [-0.25, -0.2) is 4.98 Å². The van der Waals surface area contributed by atoms with Crippen LogP contribution in [0, 0.1) is 13.8 Å². The number of carbonyl (C=O) groups excluding carboxylic acids is 1. The molecule has 1 fully saturated rings. The predicted octanol–water partition coefficient (Wildman–Crippen LogP) is 5.24. The number of unbranched alkanes of at least 4 members (excludes halogenated alkanes) is 1. The van der Waals surface area contributed by atoms with Gasteiger partial charge < -0.3 is 14.2 Å². The van der Waals surface area contributed by atoms with Crippen LogP contribution in [0.4, 0.5) is 0 Å². The minimum atomic E-state index is 0.164. The number of benzene rings is 2. The zero-order chi connectivity index (χ0) is 21.8. The van der Waals surface area contributed by atoms with Crippen LogP contribution in [0.25, 0.3) is 11.0 Å². The molecule has 1 aliphatic heterocycles. The number of aromatic nitrogens is 2. The Morgan fingerprint density at radius 1 is 1.06 bits per heavy atom. The molecule has 1 aliphatic rings. The van der Waals surface area contributed by atoms with Crippen molar-refractivity contribution in [2.75, 3.05) is 19.7 Å². The lowest BCUT2D eigenvalue weighted by Gasteiger charge is -2.17. The minimum Gasteiger partial charge on any atom is -0.494 e. The number of hydrogen-bond donors (Lipinski definition) is 0. The van der Waals surface area contributed by atoms with E-state index in [1.165, 1.54) is 11.1 Å². The molecule has 2 aromatic carbocycles. The Bertz CT molecular complexity index is 1060. The van der Waals surface area contributed by atoms with Gasteiger partial charge in [-0.2, -0.15) is 0 Å². The Morgan fingerprint density at radius 2 is 1.90 bits per heavy atom. The number of para-hydroxylation sites is 2. The lowest BCUT2D eigenvalue weighted by Crippen LogP contribution is -2.26. The van der Waals surface area contributed by atoms with E-state index in [4.69, 9.17) is 9.72 Å². The SMILES string of the molecule is CCCCN1CC(c2nc3ccccc3n2CCCOc2ccc(C)c(C)c2)CC1=O. The van der Waals surface area contributed by atoms with Gasteiger partial charge in [-0.1, -0.05) is 31.5 Å². The molecule has 0 saturated carbocycles. The zero-order valence-electron chi connectivity index (χ0n) is 18.9. The van der Waals surface area contributed by atoms with Crippen LogP contribution in [0.15, 0.2) is 42.5 Å². The molecule has 0 radical (unpaired) electrons. The molecule has 1 atom stereocenters. The molecule has 1 amide bonds. The Kier molecular flexibility index (Phi) is 6.59. The molecule has 3 aromatic rings. The predicted molar refractivity (Wildman–Crippen MR) is 125 cm³/mol. The van der Waals surface area contributed by atoms with Crippen LogP contribution in [-0.4, -0.2) is 40.1 Å². The van der Waals surface area contributed by atoms with Gasteiger partial charge in [-0.05, 0) is 62.1 Å². The van der Waals surface area contributed by atoms with Crippen molar-refractivity contribution in [1.29, 1.82) is 0 Å². The first-order valence-electron chi connectivity index (χ1n) is 11.5. The van der Waals surface area contributed by atoms with Gasteiger partial charge >= 0.3 is 0 Å². The monoisotopic (exact) mass is 419 g/mol. The molecule has 5 heteroatoms. The van der Waals surface area contributed by atoms with Crippen molar-refractivity contribution in [2.24, 2.45) is 0 Å². The highest BCUT2D eigenvalue weighted by Crippen LogP contribution is 2.31. The van der Waals surface area contributed by atoms with E-state index in [9.17, 15) is 4.79 Å². The number of hydrogen-bond acceptors (Lipinski definition) is 3. The highest BCUT2D eigenvalue weighted by atomic mass is 16.5. The number of nitrogens with zero attached hydrogens (tertiary/aromatic N) is 3. The number of amides is 1. The largest absolute Gasteiger partial charge is 0.494 e. The van der Waals surface area contributed by atoms with E-state index in [0.717, 1.165) is 61.5 Å². The smallest absolute Gasteiger partial charge is 0.223 e. The third-order valence-corrected chi connectivity index (χ3v) is 6.32. The lowest BCUT2D eigenvalue weighted by atomic mass is 10.1. The van der Waals surface area contributed by atoms with Crippen LogP contribution in [0.5, 0.6) is 5.75 Å². The Hall–Kier alpha value is -2.82. The maximum absolute atomic E-state index is 12.5. The summed E-state index contributed by atoms with van der Waals surface area (Å²) in [4.78, 5) is 19.5. The standard InChI is InChI=1S/C26H33N3O2/c1-4-5-13-28-18-21(17-25(28)30)26-27-23-9-6-7-10-24(23)29(26)14-8-15-31-22-12-11-19(2)20(3)16-22/h6-7,9-12,16,21H,4-5,8,13-15,17-18H2,1-3H3. The summed E-state index contributed by atoms with van der Waals surface area (Å²) >= 11 is 0. The van der Waals surface area contributed by atoms with Gasteiger partial charge in [0.05, 0.1) is 17.6 Å². The number of carbonyl (C=O) groups is 1. The van der Waals surface area contributed by atoms with Crippen molar-refractivity contribution < 1.29 is 9.53 Å². The normalized spacial score (nSPS) is 16.4. The maximum atomic E-state index is 12.5. The van der Waals surface area contributed by atoms with Crippen molar-refractivity contribution in [1.82, 2.24) is 14.5 Å². The number of aryl methyl sites for hydroxylation is 3. The maximum Gasteiger partial charge on any atom is 0.223 e. The van der Waals surface area contributed by atoms with Gasteiger partial charge in [0.15, 0.2) is 0 Å². The molecular weight excluding hydrogens is 386 g/mol. The quantitative estimate of drug-likeness (QED) is 0.446. The Morgan fingerprint density at radius 3 is 2.71 bits per heavy atom. The average molecular weight is 420 g/mol. The average Bonchev–Trinajstić information content (AvgIpc) is 3.32. The third-order valence-electron chi connectivity index (χ3n) is 6.32. The highest BCUT2D eigenvalue weighted by Gasteiger charge is 2.33. The second-order valence-electron chi connectivity index (χ2n) is 8.65. The summed E-state index contributed by atoms with van der Waals surface area (Å²) in [5.41, 5.74) is 4.68. The van der Waals surface area contributed by atoms with E-state index in [2.05, 4.69) is 55.7 Å². The second-order valence-corrected chi connectivity index (χ2v) is 8.65. The fourth-order valence-corrected chi connectivity index (χ4v) is 4.37. The third kappa shape index (κ3) is 4.76. The van der Waals surface area contributed by atoms with Gasteiger partial charge in [0.1, 0.15) is 11.6 Å². The summed E-state index contributed by atoms with van der Waals surface area (Å²) in [7, 11) is 0. The summed E-state index contributed by atoms with van der Waals surface area (Å²) in [6.07, 6.45) is 3.62. The number of fused-ring (bicyclic) bond motifs is 1. The molecule has 31 heavy (non-hydrogen) atoms. The fraction of sp³-hybridized carbons (Fsp3) is 0.462. The van der Waals surface area contributed by atoms with Crippen LogP contribution in [-0.2, 0) is 11.3 Å². The molecule has 1 saturated heterocycles. The Labute approximate surface area is 185 Å². The van der Waals surface area contributed by atoms with E-state index in [1.807, 2.05) is 17.0 Å². The van der Waals surface area contributed by atoms with E-state index >= 15 is 0 Å². The molecule has 1 unspecified atom stereocenters. The summed E-state index contributed by atoms with van der Waals surface area (Å²) in [5, 5.41) is 0. The number of likely N-dealkylation sites (tertiary alicyclic amines) is 1. The van der Waals surface area contributed by atoms with Crippen molar-refractivity contribution >= 4 is 16.9 Å². The van der Waals surface area contributed by atoms with Crippen LogP contribution < -0.4 is 4.74 Å². The van der Waals surface area contributed by atoms with Crippen LogP contribution >= 0.6 is 0 Å². The highest BCUT2D eigenvalue weighted by molar-refractivity contribution is 5.80. The van der Waals surface area contributed by atoms with Gasteiger partial charge in [-0.3, -0.25) is 4.79 Å².